The number of anilines is 1. The second kappa shape index (κ2) is 4.28. The molecule has 1 saturated heterocycles. The topological polar surface area (TPSA) is 57.6 Å². The van der Waals surface area contributed by atoms with Gasteiger partial charge in [0.2, 0.25) is 5.91 Å². The second-order valence-corrected chi connectivity index (χ2v) is 5.39. The van der Waals surface area contributed by atoms with Crippen LogP contribution >= 0.6 is 11.6 Å². The van der Waals surface area contributed by atoms with E-state index >= 15 is 0 Å². The number of hydrogen-bond donors (Lipinski definition) is 1. The predicted octanol–water partition coefficient (Wildman–Crippen LogP) is 2.56. The van der Waals surface area contributed by atoms with Crippen LogP contribution in [0.5, 0.6) is 0 Å². The van der Waals surface area contributed by atoms with Crippen LogP contribution in [0.4, 0.5) is 5.69 Å². The standard InChI is InChI=1S/C13H14ClNO3/c1-13(2)10(12(17)18)7-11(16)15(13)9-5-3-4-8(14)6-9/h3-6,10H,7H2,1-2H3,(H,17,18). The van der Waals surface area contributed by atoms with Crippen LogP contribution in [0.25, 0.3) is 0 Å². The largest absolute Gasteiger partial charge is 0.481 e. The maximum atomic E-state index is 12.0. The highest BCUT2D eigenvalue weighted by molar-refractivity contribution is 6.31. The van der Waals surface area contributed by atoms with Gasteiger partial charge in [-0.2, -0.15) is 0 Å². The first-order chi connectivity index (χ1) is 8.34. The number of carbonyl (C=O) groups is 2. The molecule has 5 heteroatoms. The van der Waals surface area contributed by atoms with Gasteiger partial charge in [-0.1, -0.05) is 17.7 Å². The van der Waals surface area contributed by atoms with Gasteiger partial charge in [0.25, 0.3) is 0 Å². The minimum Gasteiger partial charge on any atom is -0.481 e. The quantitative estimate of drug-likeness (QED) is 0.896. The zero-order valence-electron chi connectivity index (χ0n) is 10.2. The summed E-state index contributed by atoms with van der Waals surface area (Å²) in [6.45, 7) is 3.52. The Hall–Kier alpha value is -1.55. The minimum absolute atomic E-state index is 0.0227. The maximum absolute atomic E-state index is 12.0. The Balaban J connectivity index is 2.45. The molecule has 1 unspecified atom stereocenters. The summed E-state index contributed by atoms with van der Waals surface area (Å²) in [6, 6.07) is 6.89. The molecule has 0 spiro atoms. The fourth-order valence-electron chi connectivity index (χ4n) is 2.47. The van der Waals surface area contributed by atoms with E-state index in [1.165, 1.54) is 4.90 Å². The van der Waals surface area contributed by atoms with Gasteiger partial charge in [0.1, 0.15) is 0 Å². The smallest absolute Gasteiger partial charge is 0.309 e. The molecule has 0 bridgehead atoms. The van der Waals surface area contributed by atoms with Crippen molar-refractivity contribution >= 4 is 29.2 Å². The maximum Gasteiger partial charge on any atom is 0.309 e. The second-order valence-electron chi connectivity index (χ2n) is 4.96. The number of carboxylic acid groups (broad SMARTS) is 1. The zero-order chi connectivity index (χ0) is 13.5. The summed E-state index contributed by atoms with van der Waals surface area (Å²) >= 11 is 5.91. The predicted molar refractivity (Wildman–Crippen MR) is 68.8 cm³/mol. The molecule has 1 fully saturated rings. The van der Waals surface area contributed by atoms with E-state index in [2.05, 4.69) is 0 Å². The van der Waals surface area contributed by atoms with E-state index in [1.807, 2.05) is 0 Å². The fourth-order valence-corrected chi connectivity index (χ4v) is 2.66. The van der Waals surface area contributed by atoms with Gasteiger partial charge in [-0.15, -0.1) is 0 Å². The molecule has 1 heterocycles. The van der Waals surface area contributed by atoms with Crippen molar-refractivity contribution in [2.24, 2.45) is 5.92 Å². The van der Waals surface area contributed by atoms with Crippen LogP contribution in [0.2, 0.25) is 5.02 Å². The van der Waals surface area contributed by atoms with Gasteiger partial charge < -0.3 is 10.0 Å². The molecule has 1 amide bonds. The van der Waals surface area contributed by atoms with Crippen LogP contribution in [0.1, 0.15) is 20.3 Å². The lowest BCUT2D eigenvalue weighted by Crippen LogP contribution is -2.46. The van der Waals surface area contributed by atoms with E-state index in [1.54, 1.807) is 38.1 Å². The molecule has 0 saturated carbocycles. The lowest BCUT2D eigenvalue weighted by molar-refractivity contribution is -0.143. The first kappa shape index (κ1) is 12.9. The first-order valence-corrected chi connectivity index (χ1v) is 6.03. The third kappa shape index (κ3) is 1.97. The molecule has 96 valence electrons. The van der Waals surface area contributed by atoms with E-state index < -0.39 is 17.4 Å². The number of hydrogen-bond acceptors (Lipinski definition) is 2. The SMILES string of the molecule is CC1(C)C(C(=O)O)CC(=O)N1c1cccc(Cl)c1. The molecule has 1 aromatic rings. The summed E-state index contributed by atoms with van der Waals surface area (Å²) in [5.41, 5.74) is -0.116. The summed E-state index contributed by atoms with van der Waals surface area (Å²) < 4.78 is 0. The van der Waals surface area contributed by atoms with Crippen molar-refractivity contribution < 1.29 is 14.7 Å². The van der Waals surface area contributed by atoms with E-state index in [-0.39, 0.29) is 12.3 Å². The van der Waals surface area contributed by atoms with Gasteiger partial charge in [0, 0.05) is 17.1 Å². The Bertz CT molecular complexity index is 513. The Kier molecular flexibility index (Phi) is 3.07. The van der Waals surface area contributed by atoms with Crippen molar-refractivity contribution in [1.29, 1.82) is 0 Å². The number of carbonyl (C=O) groups excluding carboxylic acids is 1. The fraction of sp³-hybridized carbons (Fsp3) is 0.385. The number of rotatable bonds is 2. The molecule has 2 rings (SSSR count). The number of nitrogens with zero attached hydrogens (tertiary/aromatic N) is 1. The monoisotopic (exact) mass is 267 g/mol. The van der Waals surface area contributed by atoms with Crippen molar-refractivity contribution in [1.82, 2.24) is 0 Å². The summed E-state index contributed by atoms with van der Waals surface area (Å²) in [5, 5.41) is 9.70. The number of carboxylic acids is 1. The molecule has 1 N–H and O–H groups in total. The molecule has 0 aromatic heterocycles. The van der Waals surface area contributed by atoms with Crippen molar-refractivity contribution in [2.75, 3.05) is 4.90 Å². The van der Waals surface area contributed by atoms with E-state index in [4.69, 9.17) is 11.6 Å². The van der Waals surface area contributed by atoms with Gasteiger partial charge >= 0.3 is 5.97 Å². The lowest BCUT2D eigenvalue weighted by atomic mass is 9.88. The number of aliphatic carboxylic acids is 1. The number of halogens is 1. The number of amides is 1. The summed E-state index contributed by atoms with van der Waals surface area (Å²) in [6.07, 6.45) is 0.0227. The molecule has 1 aromatic carbocycles. The molecule has 18 heavy (non-hydrogen) atoms. The Morgan fingerprint density at radius 3 is 2.67 bits per heavy atom. The van der Waals surface area contributed by atoms with E-state index in [9.17, 15) is 14.7 Å². The molecule has 4 nitrogen and oxygen atoms in total. The van der Waals surface area contributed by atoms with Gasteiger partial charge in [-0.05, 0) is 32.0 Å². The van der Waals surface area contributed by atoms with Gasteiger partial charge in [-0.25, -0.2) is 0 Å². The van der Waals surface area contributed by atoms with Crippen LogP contribution in [-0.4, -0.2) is 22.5 Å². The van der Waals surface area contributed by atoms with Crippen LogP contribution in [0, 0.1) is 5.92 Å². The summed E-state index contributed by atoms with van der Waals surface area (Å²) in [4.78, 5) is 24.8. The highest BCUT2D eigenvalue weighted by atomic mass is 35.5. The van der Waals surface area contributed by atoms with E-state index in [0.29, 0.717) is 10.7 Å². The van der Waals surface area contributed by atoms with Crippen molar-refractivity contribution in [3.8, 4) is 0 Å². The molecular formula is C13H14ClNO3. The minimum atomic E-state index is -0.946. The third-order valence-electron chi connectivity index (χ3n) is 3.42. The van der Waals surface area contributed by atoms with Crippen LogP contribution in [0.3, 0.4) is 0 Å². The summed E-state index contributed by atoms with van der Waals surface area (Å²) in [7, 11) is 0. The van der Waals surface area contributed by atoms with Crippen LogP contribution in [-0.2, 0) is 9.59 Å². The van der Waals surface area contributed by atoms with Crippen LogP contribution in [0.15, 0.2) is 24.3 Å². The third-order valence-corrected chi connectivity index (χ3v) is 3.66. The summed E-state index contributed by atoms with van der Waals surface area (Å²) in [5.74, 6) is -1.84. The van der Waals surface area contributed by atoms with Gasteiger partial charge in [0.15, 0.2) is 0 Å². The van der Waals surface area contributed by atoms with E-state index in [0.717, 1.165) is 0 Å². The highest BCUT2D eigenvalue weighted by Gasteiger charge is 2.50. The molecular weight excluding hydrogens is 254 g/mol. The first-order valence-electron chi connectivity index (χ1n) is 5.65. The van der Waals surface area contributed by atoms with Gasteiger partial charge in [0.05, 0.1) is 11.5 Å². The molecule has 0 aliphatic carbocycles. The average Bonchev–Trinajstić information content (AvgIpc) is 2.48. The highest BCUT2D eigenvalue weighted by Crippen LogP contribution is 2.39. The Labute approximate surface area is 110 Å². The molecule has 1 atom stereocenters. The van der Waals surface area contributed by atoms with Crippen LogP contribution < -0.4 is 4.90 Å². The van der Waals surface area contributed by atoms with Gasteiger partial charge in [-0.3, -0.25) is 9.59 Å². The molecule has 1 aliphatic heterocycles. The van der Waals surface area contributed by atoms with Crippen molar-refractivity contribution in [3.63, 3.8) is 0 Å². The molecule has 0 radical (unpaired) electrons. The Morgan fingerprint density at radius 1 is 1.50 bits per heavy atom. The zero-order valence-corrected chi connectivity index (χ0v) is 10.9. The number of benzene rings is 1. The average molecular weight is 268 g/mol. The Morgan fingerprint density at radius 2 is 2.17 bits per heavy atom. The van der Waals surface area contributed by atoms with Crippen molar-refractivity contribution in [3.05, 3.63) is 29.3 Å². The lowest BCUT2D eigenvalue weighted by Gasteiger charge is -2.34. The normalized spacial score (nSPS) is 22.3. The molecule has 1 aliphatic rings. The van der Waals surface area contributed by atoms with Crippen molar-refractivity contribution in [2.45, 2.75) is 25.8 Å².